The smallest absolute Gasteiger partial charge is 0.0703 e. The number of para-hydroxylation sites is 2. The molecule has 0 aliphatic heterocycles. The van der Waals surface area contributed by atoms with Crippen LogP contribution in [0.2, 0.25) is 0 Å². The molecule has 47 heavy (non-hydrogen) atoms. The first-order valence-electron chi connectivity index (χ1n) is 17.0. The second-order valence-electron chi connectivity index (χ2n) is 11.6. The Hall–Kier alpha value is -5.15. The number of hydrogen-bond donors (Lipinski definition) is 1. The molecule has 0 unspecified atom stereocenters. The fourth-order valence-electron chi connectivity index (χ4n) is 5.39. The van der Waals surface area contributed by atoms with E-state index in [9.17, 15) is 0 Å². The third-order valence-corrected chi connectivity index (χ3v) is 7.19. The highest BCUT2D eigenvalue weighted by atomic mass is 15.0. The predicted octanol–water partition coefficient (Wildman–Crippen LogP) is 13.6. The number of hydrogen-bond acceptors (Lipinski definition) is 2. The van der Waals surface area contributed by atoms with Crippen LogP contribution in [0.3, 0.4) is 0 Å². The quantitative estimate of drug-likeness (QED) is 0.208. The number of rotatable bonds is 5. The molecule has 0 spiro atoms. The molecule has 240 valence electrons. The molecule has 5 aromatic carbocycles. The van der Waals surface area contributed by atoms with Crippen LogP contribution in [-0.2, 0) is 0 Å². The molecule has 7 rings (SSSR count). The first-order chi connectivity index (χ1) is 23.0. The molecule has 0 aliphatic rings. The van der Waals surface area contributed by atoms with Crippen LogP contribution in [0.4, 0.5) is 11.4 Å². The number of fused-ring (bicyclic) bond motifs is 4. The molecule has 3 heteroatoms. The summed E-state index contributed by atoms with van der Waals surface area (Å²) in [4.78, 5) is 4.82. The Morgan fingerprint density at radius 1 is 0.617 bits per heavy atom. The van der Waals surface area contributed by atoms with Crippen molar-refractivity contribution in [2.75, 3.05) is 5.32 Å². The van der Waals surface area contributed by atoms with E-state index in [1.807, 2.05) is 48.7 Å². The minimum absolute atomic E-state index is 0.967. The number of aromatic nitrogens is 2. The second kappa shape index (κ2) is 17.5. The maximum atomic E-state index is 4.82. The van der Waals surface area contributed by atoms with Crippen LogP contribution in [-0.4, -0.2) is 9.55 Å². The van der Waals surface area contributed by atoms with Crippen molar-refractivity contribution in [2.45, 2.75) is 60.8 Å². The van der Waals surface area contributed by atoms with Gasteiger partial charge in [-0.2, -0.15) is 0 Å². The summed E-state index contributed by atoms with van der Waals surface area (Å²) in [6.07, 6.45) is 7.67. The largest absolute Gasteiger partial charge is 0.355 e. The van der Waals surface area contributed by atoms with Gasteiger partial charge in [-0.15, -0.1) is 0 Å². The van der Waals surface area contributed by atoms with Gasteiger partial charge < -0.3 is 9.88 Å². The molecular weight excluding hydrogens is 571 g/mol. The third-order valence-electron chi connectivity index (χ3n) is 7.19. The van der Waals surface area contributed by atoms with E-state index < -0.39 is 0 Å². The van der Waals surface area contributed by atoms with Crippen LogP contribution in [0.5, 0.6) is 0 Å². The van der Waals surface area contributed by atoms with E-state index in [2.05, 4.69) is 143 Å². The molecule has 0 amide bonds. The van der Waals surface area contributed by atoms with Crippen LogP contribution < -0.4 is 5.32 Å². The molecule has 0 atom stereocenters. The maximum Gasteiger partial charge on any atom is 0.0703 e. The van der Waals surface area contributed by atoms with E-state index in [1.54, 1.807) is 0 Å². The van der Waals surface area contributed by atoms with Crippen molar-refractivity contribution in [1.29, 1.82) is 0 Å². The number of anilines is 2. The Kier molecular flexibility index (Phi) is 12.9. The Labute approximate surface area is 281 Å². The zero-order valence-corrected chi connectivity index (χ0v) is 28.9. The number of pyridine rings is 1. The zero-order valence-electron chi connectivity index (χ0n) is 28.9. The van der Waals surface area contributed by atoms with Gasteiger partial charge in [0.2, 0.25) is 0 Å². The van der Waals surface area contributed by atoms with Gasteiger partial charge in [0.25, 0.3) is 0 Å². The lowest BCUT2D eigenvalue weighted by Gasteiger charge is -2.14. The molecule has 0 radical (unpaired) electrons. The Bertz CT molecular complexity index is 1980. The summed E-state index contributed by atoms with van der Waals surface area (Å²) in [5.41, 5.74) is 8.64. The summed E-state index contributed by atoms with van der Waals surface area (Å²) < 4.78 is 2.32. The van der Waals surface area contributed by atoms with E-state index in [4.69, 9.17) is 4.98 Å². The second-order valence-corrected chi connectivity index (χ2v) is 11.6. The minimum atomic E-state index is 0.967. The fraction of sp³-hybridized carbons (Fsp3) is 0.205. The van der Waals surface area contributed by atoms with E-state index in [0.717, 1.165) is 44.9 Å². The summed E-state index contributed by atoms with van der Waals surface area (Å²) in [7, 11) is 0. The third kappa shape index (κ3) is 8.17. The lowest BCUT2D eigenvalue weighted by Crippen LogP contribution is -1.96. The first-order valence-corrected chi connectivity index (χ1v) is 17.0. The average Bonchev–Trinajstić information content (AvgIpc) is 3.42. The van der Waals surface area contributed by atoms with Gasteiger partial charge >= 0.3 is 0 Å². The number of nitrogens with zero attached hydrogens (tertiary/aromatic N) is 2. The van der Waals surface area contributed by atoms with Crippen LogP contribution in [0.1, 0.15) is 66.4 Å². The summed E-state index contributed by atoms with van der Waals surface area (Å²) in [6, 6.07) is 42.3. The maximum absolute atomic E-state index is 4.82. The highest BCUT2D eigenvalue weighted by Crippen LogP contribution is 2.38. The lowest BCUT2D eigenvalue weighted by atomic mass is 9.99. The lowest BCUT2D eigenvalue weighted by molar-refractivity contribution is 1.09. The molecule has 0 bridgehead atoms. The molecule has 0 saturated carbocycles. The normalized spacial score (nSPS) is 10.3. The van der Waals surface area contributed by atoms with Gasteiger partial charge in [0.1, 0.15) is 0 Å². The fourth-order valence-corrected chi connectivity index (χ4v) is 5.39. The first kappa shape index (κ1) is 34.7. The van der Waals surface area contributed by atoms with E-state index >= 15 is 0 Å². The summed E-state index contributed by atoms with van der Waals surface area (Å²) >= 11 is 0. The van der Waals surface area contributed by atoms with E-state index in [-0.39, 0.29) is 0 Å². The van der Waals surface area contributed by atoms with Crippen LogP contribution >= 0.6 is 0 Å². The van der Waals surface area contributed by atoms with Crippen LogP contribution in [0.25, 0.3) is 55.6 Å². The standard InChI is InChI=1S/C35H25N3.3C3H8/c1-2-28-30-22-31-29-15-9-10-16-34(29)38(27-18-20-32(36-23-27)24-11-5-3-6-12-24)35(31)21-25(30)17-19-33(28)37-26-13-7-4-8-14-26;3*1-3-2/h2-23,37H,1H2;3*3H2,1-2H3. The van der Waals surface area contributed by atoms with Gasteiger partial charge in [0.15, 0.2) is 0 Å². The highest BCUT2D eigenvalue weighted by Gasteiger charge is 2.15. The minimum Gasteiger partial charge on any atom is -0.355 e. The van der Waals surface area contributed by atoms with Crippen LogP contribution in [0.15, 0.2) is 134 Å². The monoisotopic (exact) mass is 619 g/mol. The molecule has 2 aromatic heterocycles. The van der Waals surface area contributed by atoms with Crippen molar-refractivity contribution in [3.8, 4) is 16.9 Å². The SMILES string of the molecule is C=Cc1c(Nc2ccccc2)ccc2cc3c(cc12)c1ccccc1n3-c1ccc(-c2ccccc2)nc1.CCC.CCC.CCC. The molecule has 0 fully saturated rings. The van der Waals surface area contributed by atoms with Crippen molar-refractivity contribution in [3.63, 3.8) is 0 Å². The van der Waals surface area contributed by atoms with Crippen molar-refractivity contribution >= 4 is 50.0 Å². The number of nitrogens with one attached hydrogen (secondary N) is 1. The summed E-state index contributed by atoms with van der Waals surface area (Å²) in [5, 5.41) is 8.34. The number of benzene rings is 5. The van der Waals surface area contributed by atoms with Gasteiger partial charge in [-0.3, -0.25) is 4.98 Å². The molecule has 2 heterocycles. The predicted molar refractivity (Wildman–Crippen MR) is 209 cm³/mol. The topological polar surface area (TPSA) is 29.9 Å². The van der Waals surface area contributed by atoms with E-state index in [0.29, 0.717) is 0 Å². The van der Waals surface area contributed by atoms with Crippen molar-refractivity contribution in [1.82, 2.24) is 9.55 Å². The Balaban J connectivity index is 0.000000503. The van der Waals surface area contributed by atoms with Gasteiger partial charge in [0.05, 0.1) is 28.6 Å². The molecule has 3 nitrogen and oxygen atoms in total. The summed E-state index contributed by atoms with van der Waals surface area (Å²) in [5.74, 6) is 0. The zero-order chi connectivity index (χ0) is 33.6. The Morgan fingerprint density at radius 3 is 1.85 bits per heavy atom. The van der Waals surface area contributed by atoms with Gasteiger partial charge in [-0.25, -0.2) is 0 Å². The molecular formula is C44H49N3. The van der Waals surface area contributed by atoms with Crippen molar-refractivity contribution < 1.29 is 0 Å². The molecule has 7 aromatic rings. The van der Waals surface area contributed by atoms with Crippen LogP contribution in [0, 0.1) is 0 Å². The highest BCUT2D eigenvalue weighted by molar-refractivity contribution is 6.15. The van der Waals surface area contributed by atoms with Gasteiger partial charge in [-0.1, -0.05) is 146 Å². The van der Waals surface area contributed by atoms with Gasteiger partial charge in [-0.05, 0) is 59.3 Å². The van der Waals surface area contributed by atoms with Crippen molar-refractivity contribution in [2.24, 2.45) is 0 Å². The molecule has 1 N–H and O–H groups in total. The van der Waals surface area contributed by atoms with E-state index in [1.165, 1.54) is 40.8 Å². The summed E-state index contributed by atoms with van der Waals surface area (Å²) in [6.45, 7) is 16.9. The molecule has 0 aliphatic carbocycles. The molecule has 0 saturated heterocycles. The Morgan fingerprint density at radius 2 is 1.23 bits per heavy atom. The van der Waals surface area contributed by atoms with Gasteiger partial charge in [0, 0.05) is 33.3 Å². The van der Waals surface area contributed by atoms with Crippen molar-refractivity contribution in [3.05, 3.63) is 140 Å². The average molecular weight is 620 g/mol.